The minimum atomic E-state index is 0.0183. The van der Waals surface area contributed by atoms with Gasteiger partial charge in [0, 0.05) is 0 Å². The molecule has 0 aromatic heterocycles. The molecule has 2 nitrogen and oxygen atoms in total. The van der Waals surface area contributed by atoms with Crippen LogP contribution in [0, 0.1) is 34.5 Å². The van der Waals surface area contributed by atoms with E-state index in [1.54, 1.807) is 0 Å². The molecular formula is C25H50O2. The molecular weight excluding hydrogens is 332 g/mol. The Balaban J connectivity index is 5.13. The highest BCUT2D eigenvalue weighted by atomic mass is 16.5. The van der Waals surface area contributed by atoms with Crippen molar-refractivity contribution in [3.63, 3.8) is 0 Å². The van der Waals surface area contributed by atoms with E-state index in [9.17, 15) is 4.79 Å². The molecule has 0 rings (SSSR count). The van der Waals surface area contributed by atoms with Crippen molar-refractivity contribution in [2.45, 2.75) is 121 Å². The second-order valence-electron chi connectivity index (χ2n) is 11.8. The van der Waals surface area contributed by atoms with Crippen molar-refractivity contribution in [2.75, 3.05) is 0 Å². The van der Waals surface area contributed by atoms with E-state index in [-0.39, 0.29) is 23.4 Å². The van der Waals surface area contributed by atoms with Gasteiger partial charge in [-0.15, -0.1) is 0 Å². The van der Waals surface area contributed by atoms with Gasteiger partial charge in [0.25, 0.3) is 0 Å². The van der Waals surface area contributed by atoms with Gasteiger partial charge in [-0.05, 0) is 60.7 Å². The summed E-state index contributed by atoms with van der Waals surface area (Å²) in [6.07, 6.45) is 6.38. The maximum absolute atomic E-state index is 13.1. The summed E-state index contributed by atoms with van der Waals surface area (Å²) in [5, 5.41) is 0. The summed E-state index contributed by atoms with van der Waals surface area (Å²) < 4.78 is 6.04. The lowest BCUT2D eigenvalue weighted by Gasteiger charge is -2.32. The second kappa shape index (κ2) is 11.5. The van der Waals surface area contributed by atoms with E-state index in [0.29, 0.717) is 23.2 Å². The molecule has 0 aliphatic carbocycles. The van der Waals surface area contributed by atoms with Gasteiger partial charge in [0.1, 0.15) is 6.10 Å². The lowest BCUT2D eigenvalue weighted by Crippen LogP contribution is -2.32. The molecule has 0 saturated carbocycles. The molecule has 2 heteroatoms. The van der Waals surface area contributed by atoms with Gasteiger partial charge >= 0.3 is 5.97 Å². The van der Waals surface area contributed by atoms with Crippen molar-refractivity contribution in [2.24, 2.45) is 34.5 Å². The first-order chi connectivity index (χ1) is 12.2. The third-order valence-electron chi connectivity index (χ3n) is 5.44. The van der Waals surface area contributed by atoms with Crippen molar-refractivity contribution < 1.29 is 9.53 Å². The summed E-state index contributed by atoms with van der Waals surface area (Å²) in [7, 11) is 0. The molecule has 0 saturated heterocycles. The van der Waals surface area contributed by atoms with Crippen LogP contribution in [-0.2, 0) is 9.53 Å². The van der Waals surface area contributed by atoms with Crippen LogP contribution in [0.3, 0.4) is 0 Å². The van der Waals surface area contributed by atoms with Crippen molar-refractivity contribution in [3.05, 3.63) is 0 Å². The van der Waals surface area contributed by atoms with Crippen LogP contribution >= 0.6 is 0 Å². The van der Waals surface area contributed by atoms with Crippen LogP contribution in [0.5, 0.6) is 0 Å². The first kappa shape index (κ1) is 26.5. The van der Waals surface area contributed by atoms with Gasteiger partial charge < -0.3 is 4.74 Å². The highest BCUT2D eigenvalue weighted by Crippen LogP contribution is 2.34. The maximum Gasteiger partial charge on any atom is 0.309 e. The standard InChI is InChI=1S/C25H50O2/c1-12-13-22(18(2)3)27-23(26)21(20(5)17-25(9,10)11)15-14-19(4)16-24(6,7)8/h18-22H,12-17H2,1-11H3. The molecule has 0 radical (unpaired) electrons. The van der Waals surface area contributed by atoms with E-state index in [1.165, 1.54) is 6.42 Å². The van der Waals surface area contributed by atoms with E-state index >= 15 is 0 Å². The summed E-state index contributed by atoms with van der Waals surface area (Å²) in [5.41, 5.74) is 0.576. The molecule has 0 heterocycles. The molecule has 27 heavy (non-hydrogen) atoms. The normalized spacial score (nSPS) is 17.5. The Hall–Kier alpha value is -0.530. The third-order valence-corrected chi connectivity index (χ3v) is 5.44. The Kier molecular flexibility index (Phi) is 11.2. The minimum Gasteiger partial charge on any atom is -0.462 e. The molecule has 0 aliphatic rings. The van der Waals surface area contributed by atoms with Crippen molar-refractivity contribution in [1.82, 2.24) is 0 Å². The van der Waals surface area contributed by atoms with Crippen LogP contribution in [0.25, 0.3) is 0 Å². The lowest BCUT2D eigenvalue weighted by atomic mass is 9.76. The Morgan fingerprint density at radius 3 is 1.74 bits per heavy atom. The van der Waals surface area contributed by atoms with Crippen molar-refractivity contribution >= 4 is 5.97 Å². The molecule has 0 spiro atoms. The number of carbonyl (C=O) groups is 1. The van der Waals surface area contributed by atoms with Gasteiger partial charge in [-0.1, -0.05) is 82.6 Å². The van der Waals surface area contributed by atoms with E-state index in [4.69, 9.17) is 4.74 Å². The lowest BCUT2D eigenvalue weighted by molar-refractivity contribution is -0.159. The molecule has 4 atom stereocenters. The SMILES string of the molecule is CCCC(OC(=O)C(CCC(C)CC(C)(C)C)C(C)CC(C)(C)C)C(C)C. The number of ether oxygens (including phenoxy) is 1. The smallest absolute Gasteiger partial charge is 0.309 e. The molecule has 162 valence electrons. The predicted molar refractivity (Wildman–Crippen MR) is 119 cm³/mol. The average Bonchev–Trinajstić information content (AvgIpc) is 2.42. The molecule has 0 fully saturated rings. The summed E-state index contributed by atoms with van der Waals surface area (Å²) >= 11 is 0. The molecule has 0 bridgehead atoms. The van der Waals surface area contributed by atoms with Crippen LogP contribution in [0.15, 0.2) is 0 Å². The van der Waals surface area contributed by atoms with Crippen LogP contribution in [0.1, 0.15) is 115 Å². The number of hydrogen-bond acceptors (Lipinski definition) is 2. The third kappa shape index (κ3) is 12.5. The quantitative estimate of drug-likeness (QED) is 0.339. The van der Waals surface area contributed by atoms with Gasteiger partial charge in [0.2, 0.25) is 0 Å². The summed E-state index contributed by atoms with van der Waals surface area (Å²) in [6, 6.07) is 0. The zero-order valence-electron chi connectivity index (χ0n) is 20.4. The van der Waals surface area contributed by atoms with Gasteiger partial charge in [0.15, 0.2) is 0 Å². The maximum atomic E-state index is 13.1. The molecule has 0 aliphatic heterocycles. The Labute approximate surface area is 171 Å². The van der Waals surface area contributed by atoms with Gasteiger partial charge in [-0.25, -0.2) is 0 Å². The Bertz CT molecular complexity index is 411. The Morgan fingerprint density at radius 1 is 0.815 bits per heavy atom. The van der Waals surface area contributed by atoms with Crippen LogP contribution in [0.2, 0.25) is 0 Å². The molecule has 0 aromatic carbocycles. The van der Waals surface area contributed by atoms with Gasteiger partial charge in [0.05, 0.1) is 5.92 Å². The number of hydrogen-bond donors (Lipinski definition) is 0. The topological polar surface area (TPSA) is 26.3 Å². The zero-order valence-corrected chi connectivity index (χ0v) is 20.4. The van der Waals surface area contributed by atoms with Gasteiger partial charge in [-0.2, -0.15) is 0 Å². The van der Waals surface area contributed by atoms with E-state index in [1.807, 2.05) is 0 Å². The largest absolute Gasteiger partial charge is 0.462 e. The minimum absolute atomic E-state index is 0.0183. The van der Waals surface area contributed by atoms with Crippen LogP contribution in [0.4, 0.5) is 0 Å². The highest BCUT2D eigenvalue weighted by molar-refractivity contribution is 5.73. The summed E-state index contributed by atoms with van der Waals surface area (Å²) in [5.74, 6) is 1.44. The summed E-state index contributed by atoms with van der Waals surface area (Å²) in [6.45, 7) is 24.8. The second-order valence-corrected chi connectivity index (χ2v) is 11.8. The summed E-state index contributed by atoms with van der Waals surface area (Å²) in [4.78, 5) is 13.1. The van der Waals surface area contributed by atoms with Crippen LogP contribution < -0.4 is 0 Å². The fourth-order valence-corrected chi connectivity index (χ4v) is 4.40. The molecule has 4 unspecified atom stereocenters. The van der Waals surface area contributed by atoms with Crippen molar-refractivity contribution in [1.29, 1.82) is 0 Å². The van der Waals surface area contributed by atoms with E-state index in [2.05, 4.69) is 76.2 Å². The van der Waals surface area contributed by atoms with E-state index < -0.39 is 0 Å². The average molecular weight is 383 g/mol. The van der Waals surface area contributed by atoms with E-state index in [0.717, 1.165) is 32.1 Å². The fourth-order valence-electron chi connectivity index (χ4n) is 4.40. The number of rotatable bonds is 11. The fraction of sp³-hybridized carbons (Fsp3) is 0.960. The number of carbonyl (C=O) groups excluding carboxylic acids is 1. The molecule has 0 amide bonds. The first-order valence-corrected chi connectivity index (χ1v) is 11.4. The highest BCUT2D eigenvalue weighted by Gasteiger charge is 2.32. The number of esters is 1. The zero-order chi connectivity index (χ0) is 21.4. The predicted octanol–water partition coefficient (Wildman–Crippen LogP) is 7.90. The van der Waals surface area contributed by atoms with Crippen LogP contribution in [-0.4, -0.2) is 12.1 Å². The Morgan fingerprint density at radius 2 is 1.33 bits per heavy atom. The van der Waals surface area contributed by atoms with Gasteiger partial charge in [-0.3, -0.25) is 4.79 Å². The first-order valence-electron chi connectivity index (χ1n) is 11.4. The molecule has 0 N–H and O–H groups in total. The monoisotopic (exact) mass is 382 g/mol. The van der Waals surface area contributed by atoms with Crippen molar-refractivity contribution in [3.8, 4) is 0 Å². The molecule has 0 aromatic rings.